The monoisotopic (exact) mass is 605 g/mol. The molecule has 1 aliphatic carbocycles. The quantitative estimate of drug-likeness (QED) is 0.262. The van der Waals surface area contributed by atoms with Crippen molar-refractivity contribution in [1.29, 1.82) is 0 Å². The lowest BCUT2D eigenvalue weighted by molar-refractivity contribution is -0.119. The number of amides is 1. The van der Waals surface area contributed by atoms with Gasteiger partial charge in [-0.1, -0.05) is 53.5 Å². The number of sulfonamides is 1. The zero-order valence-corrected chi connectivity index (χ0v) is 23.5. The Morgan fingerprint density at radius 3 is 2.51 bits per heavy atom. The molecule has 0 aliphatic heterocycles. The van der Waals surface area contributed by atoms with Crippen LogP contribution >= 0.6 is 34.5 Å². The summed E-state index contributed by atoms with van der Waals surface area (Å²) in [5, 5.41) is 4.55. The van der Waals surface area contributed by atoms with Gasteiger partial charge in [-0.15, -0.1) is 11.3 Å². The Balaban J connectivity index is 1.29. The molecule has 0 atom stereocenters. The van der Waals surface area contributed by atoms with Crippen molar-refractivity contribution in [2.24, 2.45) is 0 Å². The number of thiophene rings is 1. The van der Waals surface area contributed by atoms with Gasteiger partial charge in [0.1, 0.15) is 14.4 Å². The second-order valence-corrected chi connectivity index (χ2v) is 12.9. The van der Waals surface area contributed by atoms with Gasteiger partial charge in [-0.25, -0.2) is 27.5 Å². The summed E-state index contributed by atoms with van der Waals surface area (Å²) in [5.74, 6) is -0.686. The highest BCUT2D eigenvalue weighted by molar-refractivity contribution is 7.92. The highest BCUT2D eigenvalue weighted by Crippen LogP contribution is 2.36. The zero-order valence-electron chi connectivity index (χ0n) is 20.4. The van der Waals surface area contributed by atoms with E-state index in [1.165, 1.54) is 0 Å². The third-order valence-corrected chi connectivity index (χ3v) is 9.89. The zero-order chi connectivity index (χ0) is 27.6. The number of carbonyl (C=O) groups is 1. The van der Waals surface area contributed by atoms with Crippen molar-refractivity contribution < 1.29 is 17.6 Å². The molecule has 4 aromatic rings. The fourth-order valence-corrected chi connectivity index (χ4v) is 7.24. The van der Waals surface area contributed by atoms with Crippen molar-refractivity contribution >= 4 is 56.0 Å². The van der Waals surface area contributed by atoms with E-state index < -0.39 is 21.8 Å². The molecule has 0 saturated heterocycles. The molecular formula is C26H22Cl2FN5O3S2. The molecule has 1 amide bonds. The number of carbonyl (C=O) groups excluding carboxylic acids is 1. The molecular weight excluding hydrogens is 584 g/mol. The van der Waals surface area contributed by atoms with Crippen LogP contribution in [0.3, 0.4) is 0 Å². The normalized spacial score (nSPS) is 14.6. The van der Waals surface area contributed by atoms with E-state index in [0.29, 0.717) is 30.1 Å². The van der Waals surface area contributed by atoms with Crippen LogP contribution in [0.4, 0.5) is 4.39 Å². The number of nitrogens with zero attached hydrogens (tertiary/aromatic N) is 4. The summed E-state index contributed by atoms with van der Waals surface area (Å²) in [5.41, 5.74) is 3.80. The maximum absolute atomic E-state index is 15.4. The van der Waals surface area contributed by atoms with E-state index in [1.807, 2.05) is 35.1 Å². The summed E-state index contributed by atoms with van der Waals surface area (Å²) in [7, 11) is -4.15. The lowest BCUT2D eigenvalue weighted by atomic mass is 9.91. The van der Waals surface area contributed by atoms with E-state index in [1.54, 1.807) is 23.3 Å². The van der Waals surface area contributed by atoms with Crippen molar-refractivity contribution in [1.82, 2.24) is 24.5 Å². The molecule has 0 spiro atoms. The van der Waals surface area contributed by atoms with Crippen LogP contribution in [0.25, 0.3) is 17.0 Å². The van der Waals surface area contributed by atoms with Gasteiger partial charge in [-0.2, -0.15) is 5.10 Å². The first-order chi connectivity index (χ1) is 18.7. The Bertz CT molecular complexity index is 1630. The maximum Gasteiger partial charge on any atom is 0.273 e. The highest BCUT2D eigenvalue weighted by atomic mass is 35.5. The molecule has 0 radical (unpaired) electrons. The van der Waals surface area contributed by atoms with E-state index in [4.69, 9.17) is 23.2 Å². The number of rotatable bonds is 8. The first-order valence-corrected chi connectivity index (χ1v) is 15.1. The lowest BCUT2D eigenvalue weighted by Gasteiger charge is -2.19. The van der Waals surface area contributed by atoms with Crippen LogP contribution in [0.2, 0.25) is 9.36 Å². The van der Waals surface area contributed by atoms with Crippen molar-refractivity contribution in [2.45, 2.75) is 42.9 Å². The Kier molecular flexibility index (Phi) is 8.13. The van der Waals surface area contributed by atoms with Gasteiger partial charge in [0, 0.05) is 41.9 Å². The summed E-state index contributed by atoms with van der Waals surface area (Å²) in [6.45, 7) is 0.353. The molecule has 202 valence electrons. The predicted molar refractivity (Wildman–Crippen MR) is 149 cm³/mol. The highest BCUT2D eigenvalue weighted by Gasteiger charge is 2.25. The smallest absolute Gasteiger partial charge is 0.273 e. The number of hydrogen-bond donors (Lipinski definition) is 1. The van der Waals surface area contributed by atoms with Gasteiger partial charge in [0.2, 0.25) is 5.91 Å². The number of fused-ring (bicyclic) bond motifs is 1. The van der Waals surface area contributed by atoms with E-state index in [0.717, 1.165) is 46.9 Å². The molecule has 8 nitrogen and oxygen atoms in total. The Hall–Kier alpha value is -3.12. The van der Waals surface area contributed by atoms with E-state index in [2.05, 4.69) is 15.1 Å². The van der Waals surface area contributed by atoms with Crippen molar-refractivity contribution in [3.8, 4) is 11.4 Å². The van der Waals surface area contributed by atoms with Crippen LogP contribution in [0.15, 0.2) is 65.0 Å². The van der Waals surface area contributed by atoms with Crippen LogP contribution in [-0.2, 0) is 27.8 Å². The van der Waals surface area contributed by atoms with Crippen LogP contribution < -0.4 is 4.72 Å². The van der Waals surface area contributed by atoms with Crippen LogP contribution in [0.1, 0.15) is 42.5 Å². The number of halogens is 3. The Morgan fingerprint density at radius 2 is 1.82 bits per heavy atom. The van der Waals surface area contributed by atoms with Crippen molar-refractivity contribution in [2.75, 3.05) is 0 Å². The fourth-order valence-electron chi connectivity index (χ4n) is 4.34. The van der Waals surface area contributed by atoms with Crippen molar-refractivity contribution in [3.05, 3.63) is 87.0 Å². The number of aromatic nitrogens is 4. The first kappa shape index (κ1) is 27.4. The molecule has 3 aromatic heterocycles. The minimum atomic E-state index is -4.15. The Labute approximate surface area is 238 Å². The van der Waals surface area contributed by atoms with Gasteiger partial charge < -0.3 is 0 Å². The molecule has 1 aliphatic rings. The SMILES string of the molecule is O=C(CC/C(F)=C1\CCCc2cnn(Cc3cnc(-c4ccccc4)nc3)c21)NS(=O)(=O)c1cc(Cl)c(Cl)s1. The molecule has 13 heteroatoms. The molecule has 1 aromatic carbocycles. The number of nitrogens with one attached hydrogen (secondary N) is 1. The minimum Gasteiger partial charge on any atom is -0.274 e. The molecule has 1 N–H and O–H groups in total. The van der Waals surface area contributed by atoms with E-state index >= 15 is 4.39 Å². The number of allylic oxidation sites excluding steroid dienone is 2. The largest absolute Gasteiger partial charge is 0.274 e. The number of benzene rings is 1. The first-order valence-electron chi connectivity index (χ1n) is 12.0. The third kappa shape index (κ3) is 6.22. The Morgan fingerprint density at radius 1 is 1.08 bits per heavy atom. The van der Waals surface area contributed by atoms with Crippen molar-refractivity contribution in [3.63, 3.8) is 0 Å². The maximum atomic E-state index is 15.4. The summed E-state index contributed by atoms with van der Waals surface area (Å²) in [6, 6.07) is 10.8. The van der Waals surface area contributed by atoms with Crippen LogP contribution in [-0.4, -0.2) is 34.1 Å². The molecule has 5 rings (SSSR count). The predicted octanol–water partition coefficient (Wildman–Crippen LogP) is 6.06. The molecule has 0 bridgehead atoms. The molecule has 0 unspecified atom stereocenters. The molecule has 0 saturated carbocycles. The van der Waals surface area contributed by atoms with E-state index in [9.17, 15) is 13.2 Å². The van der Waals surface area contributed by atoms with Crippen LogP contribution in [0, 0.1) is 0 Å². The molecule has 0 fully saturated rings. The van der Waals surface area contributed by atoms with Crippen LogP contribution in [0.5, 0.6) is 0 Å². The average Bonchev–Trinajstić information content (AvgIpc) is 3.50. The number of aryl methyl sites for hydroxylation is 1. The summed E-state index contributed by atoms with van der Waals surface area (Å²) in [4.78, 5) is 21.3. The second kappa shape index (κ2) is 11.5. The summed E-state index contributed by atoms with van der Waals surface area (Å²) >= 11 is 12.4. The minimum absolute atomic E-state index is 0.0775. The topological polar surface area (TPSA) is 107 Å². The van der Waals surface area contributed by atoms with Gasteiger partial charge in [0.25, 0.3) is 10.0 Å². The molecule has 39 heavy (non-hydrogen) atoms. The molecule has 3 heterocycles. The second-order valence-electron chi connectivity index (χ2n) is 8.91. The summed E-state index contributed by atoms with van der Waals surface area (Å²) < 4.78 is 43.9. The van der Waals surface area contributed by atoms with Gasteiger partial charge in [0.05, 0.1) is 23.5 Å². The van der Waals surface area contributed by atoms with Gasteiger partial charge in [-0.3, -0.25) is 9.48 Å². The van der Waals surface area contributed by atoms with E-state index in [-0.39, 0.29) is 26.4 Å². The number of hydrogen-bond acceptors (Lipinski definition) is 7. The average molecular weight is 607 g/mol. The third-order valence-electron chi connectivity index (χ3n) is 6.18. The van der Waals surface area contributed by atoms with Gasteiger partial charge in [0.15, 0.2) is 5.82 Å². The van der Waals surface area contributed by atoms with Gasteiger partial charge >= 0.3 is 0 Å². The fraction of sp³-hybridized carbons (Fsp3) is 0.231. The van der Waals surface area contributed by atoms with Gasteiger partial charge in [-0.05, 0) is 30.9 Å². The standard InChI is InChI=1S/C26H22Cl2FN5O3S2/c27-20-11-23(38-25(20)28)39(36,37)33-22(35)10-9-21(29)19-8-4-7-18-14-32-34(24(18)19)15-16-12-30-26(31-13-16)17-5-2-1-3-6-17/h1-3,5-6,11-14H,4,7-10,15H2,(H,33,35)/b21-19-. The summed E-state index contributed by atoms with van der Waals surface area (Å²) in [6.07, 6.45) is 6.59. The lowest BCUT2D eigenvalue weighted by Crippen LogP contribution is -2.29.